The summed E-state index contributed by atoms with van der Waals surface area (Å²) in [6.07, 6.45) is 3.70. The van der Waals surface area contributed by atoms with E-state index in [2.05, 4.69) is 0 Å². The van der Waals surface area contributed by atoms with Crippen molar-refractivity contribution in [3.63, 3.8) is 0 Å². The first-order chi connectivity index (χ1) is 6.74. The molecular weight excluding hydrogens is 194 g/mol. The van der Waals surface area contributed by atoms with Crippen molar-refractivity contribution in [2.45, 2.75) is 0 Å². The summed E-state index contributed by atoms with van der Waals surface area (Å²) >= 11 is 1.25. The highest BCUT2D eigenvalue weighted by Crippen LogP contribution is 2.23. The Morgan fingerprint density at radius 1 is 1.36 bits per heavy atom. The predicted octanol–water partition coefficient (Wildman–Crippen LogP) is 2.68. The maximum Gasteiger partial charge on any atom is 0.221 e. The molecule has 0 saturated heterocycles. The van der Waals surface area contributed by atoms with Gasteiger partial charge in [0.2, 0.25) is 5.12 Å². The van der Waals surface area contributed by atoms with Gasteiger partial charge in [0.05, 0.1) is 5.56 Å². The molecule has 0 spiro atoms. The lowest BCUT2D eigenvalue weighted by atomic mass is 10.2. The first-order valence-electron chi connectivity index (χ1n) is 4.36. The van der Waals surface area contributed by atoms with Crippen LogP contribution in [0.25, 0.3) is 10.9 Å². The average Bonchev–Trinajstić information content (AvgIpc) is 2.56. The first-order valence-corrected chi connectivity index (χ1v) is 5.59. The Kier molecular flexibility index (Phi) is 2.33. The third-order valence-corrected chi connectivity index (χ3v) is 2.89. The molecule has 1 aromatic carbocycles. The summed E-state index contributed by atoms with van der Waals surface area (Å²) in [6, 6.07) is 7.94. The monoisotopic (exact) mass is 205 g/mol. The molecule has 0 aliphatic heterocycles. The minimum absolute atomic E-state index is 0.127. The van der Waals surface area contributed by atoms with Gasteiger partial charge in [-0.1, -0.05) is 30.0 Å². The molecule has 2 rings (SSSR count). The fourth-order valence-electron chi connectivity index (χ4n) is 1.61. The molecule has 0 bridgehead atoms. The minimum atomic E-state index is 0.127. The number of rotatable bonds is 1. The zero-order chi connectivity index (χ0) is 10.1. The van der Waals surface area contributed by atoms with Gasteiger partial charge in [-0.2, -0.15) is 0 Å². The van der Waals surface area contributed by atoms with Gasteiger partial charge in [-0.05, 0) is 12.3 Å². The molecule has 0 atom stereocenters. The van der Waals surface area contributed by atoms with Crippen molar-refractivity contribution in [2.75, 3.05) is 6.26 Å². The molecule has 0 N–H and O–H groups in total. The van der Waals surface area contributed by atoms with Crippen molar-refractivity contribution >= 4 is 27.8 Å². The Balaban J connectivity index is 2.72. The number of carbonyl (C=O) groups excluding carboxylic acids is 1. The van der Waals surface area contributed by atoms with E-state index in [0.29, 0.717) is 0 Å². The molecule has 1 aromatic heterocycles. The van der Waals surface area contributed by atoms with Gasteiger partial charge < -0.3 is 4.57 Å². The van der Waals surface area contributed by atoms with Gasteiger partial charge >= 0.3 is 0 Å². The van der Waals surface area contributed by atoms with Crippen LogP contribution in [0, 0.1) is 0 Å². The van der Waals surface area contributed by atoms with E-state index in [0.717, 1.165) is 16.5 Å². The van der Waals surface area contributed by atoms with Crippen LogP contribution in [0.2, 0.25) is 0 Å². The van der Waals surface area contributed by atoms with Gasteiger partial charge in [0.1, 0.15) is 0 Å². The summed E-state index contributed by atoms with van der Waals surface area (Å²) in [7, 11) is 1.96. The highest BCUT2D eigenvalue weighted by atomic mass is 32.2. The number of carbonyl (C=O) groups is 1. The fraction of sp³-hybridized carbons (Fsp3) is 0.182. The SMILES string of the molecule is CSC(=O)c1cn(C)c2ccccc12. The summed E-state index contributed by atoms with van der Waals surface area (Å²) in [5.41, 5.74) is 1.90. The van der Waals surface area contributed by atoms with Gasteiger partial charge in [-0.25, -0.2) is 0 Å². The van der Waals surface area contributed by atoms with Crippen LogP contribution in [0.1, 0.15) is 10.4 Å². The summed E-state index contributed by atoms with van der Waals surface area (Å²) in [4.78, 5) is 11.6. The van der Waals surface area contributed by atoms with Gasteiger partial charge in [-0.15, -0.1) is 0 Å². The minimum Gasteiger partial charge on any atom is -0.350 e. The van der Waals surface area contributed by atoms with Crippen molar-refractivity contribution in [3.05, 3.63) is 36.0 Å². The van der Waals surface area contributed by atoms with Crippen LogP contribution in [-0.4, -0.2) is 15.9 Å². The number of fused-ring (bicyclic) bond motifs is 1. The van der Waals surface area contributed by atoms with Crippen molar-refractivity contribution in [3.8, 4) is 0 Å². The second kappa shape index (κ2) is 3.50. The van der Waals surface area contributed by atoms with Crippen molar-refractivity contribution in [1.82, 2.24) is 4.57 Å². The second-order valence-electron chi connectivity index (χ2n) is 3.16. The molecular formula is C11H11NOS. The number of thioether (sulfide) groups is 1. The molecule has 0 amide bonds. The van der Waals surface area contributed by atoms with Gasteiger partial charge in [0, 0.05) is 24.1 Å². The van der Waals surface area contributed by atoms with Crippen LogP contribution < -0.4 is 0 Å². The summed E-state index contributed by atoms with van der Waals surface area (Å²) in [5.74, 6) is 0. The van der Waals surface area contributed by atoms with Crippen LogP contribution in [0.4, 0.5) is 0 Å². The van der Waals surface area contributed by atoms with E-state index in [4.69, 9.17) is 0 Å². The van der Waals surface area contributed by atoms with Gasteiger partial charge in [0.15, 0.2) is 0 Å². The summed E-state index contributed by atoms with van der Waals surface area (Å²) in [6.45, 7) is 0. The Labute approximate surface area is 86.9 Å². The standard InChI is InChI=1S/C11H11NOS/c1-12-7-9(11(13)14-2)8-5-3-4-6-10(8)12/h3-7H,1-2H3. The van der Waals surface area contributed by atoms with Gasteiger partial charge in [-0.3, -0.25) is 4.79 Å². The number of aryl methyl sites for hydroxylation is 1. The Bertz CT molecular complexity index is 487. The molecule has 0 saturated carbocycles. The number of aromatic nitrogens is 1. The third kappa shape index (κ3) is 1.34. The lowest BCUT2D eigenvalue weighted by Gasteiger charge is -1.93. The van der Waals surface area contributed by atoms with E-state index in [-0.39, 0.29) is 5.12 Å². The normalized spacial score (nSPS) is 10.7. The second-order valence-corrected chi connectivity index (χ2v) is 3.94. The van der Waals surface area contributed by atoms with E-state index < -0.39 is 0 Å². The van der Waals surface area contributed by atoms with Crippen LogP contribution >= 0.6 is 11.8 Å². The maximum absolute atomic E-state index is 11.6. The zero-order valence-electron chi connectivity index (χ0n) is 8.15. The lowest BCUT2D eigenvalue weighted by Crippen LogP contribution is -1.89. The van der Waals surface area contributed by atoms with Gasteiger partial charge in [0.25, 0.3) is 0 Å². The molecule has 0 unspecified atom stereocenters. The smallest absolute Gasteiger partial charge is 0.221 e. The summed E-state index contributed by atoms with van der Waals surface area (Å²) in [5, 5.41) is 1.16. The first kappa shape index (κ1) is 9.34. The molecule has 1 heterocycles. The van der Waals surface area contributed by atoms with Crippen molar-refractivity contribution in [1.29, 1.82) is 0 Å². The van der Waals surface area contributed by atoms with E-state index in [1.807, 2.05) is 48.3 Å². The molecule has 72 valence electrons. The third-order valence-electron chi connectivity index (χ3n) is 2.30. The molecule has 0 aliphatic carbocycles. The molecule has 2 nitrogen and oxygen atoms in total. The van der Waals surface area contributed by atoms with E-state index in [1.54, 1.807) is 0 Å². The maximum atomic E-state index is 11.6. The van der Waals surface area contributed by atoms with E-state index in [9.17, 15) is 4.79 Å². The Hall–Kier alpha value is -1.22. The Morgan fingerprint density at radius 3 is 2.79 bits per heavy atom. The zero-order valence-corrected chi connectivity index (χ0v) is 8.97. The molecule has 3 heteroatoms. The number of hydrogen-bond donors (Lipinski definition) is 0. The van der Waals surface area contributed by atoms with Crippen LogP contribution in [0.15, 0.2) is 30.5 Å². The van der Waals surface area contributed by atoms with Crippen molar-refractivity contribution < 1.29 is 4.79 Å². The summed E-state index contributed by atoms with van der Waals surface area (Å²) < 4.78 is 1.98. The van der Waals surface area contributed by atoms with Crippen LogP contribution in [0.5, 0.6) is 0 Å². The van der Waals surface area contributed by atoms with Crippen LogP contribution in [-0.2, 0) is 7.05 Å². The molecule has 0 aliphatic rings. The quantitative estimate of drug-likeness (QED) is 0.714. The number of para-hydroxylation sites is 1. The predicted molar refractivity (Wildman–Crippen MR) is 60.8 cm³/mol. The highest BCUT2D eigenvalue weighted by molar-refractivity contribution is 8.13. The number of benzene rings is 1. The highest BCUT2D eigenvalue weighted by Gasteiger charge is 2.11. The molecule has 0 radical (unpaired) electrons. The molecule has 2 aromatic rings. The Morgan fingerprint density at radius 2 is 2.07 bits per heavy atom. The number of nitrogens with zero attached hydrogens (tertiary/aromatic N) is 1. The van der Waals surface area contributed by atoms with E-state index >= 15 is 0 Å². The van der Waals surface area contributed by atoms with E-state index in [1.165, 1.54) is 11.8 Å². The average molecular weight is 205 g/mol. The topological polar surface area (TPSA) is 22.0 Å². The largest absolute Gasteiger partial charge is 0.350 e. The van der Waals surface area contributed by atoms with Crippen molar-refractivity contribution in [2.24, 2.45) is 7.05 Å². The van der Waals surface area contributed by atoms with Crippen LogP contribution in [0.3, 0.4) is 0 Å². The molecule has 0 fully saturated rings. The number of hydrogen-bond acceptors (Lipinski definition) is 2. The fourth-order valence-corrected chi connectivity index (χ4v) is 2.00. The molecule has 14 heavy (non-hydrogen) atoms. The lowest BCUT2D eigenvalue weighted by molar-refractivity contribution is 0.109.